The van der Waals surface area contributed by atoms with Gasteiger partial charge in [0.15, 0.2) is 0 Å². The fraction of sp³-hybridized carbons (Fsp3) is 0.529. The largest absolute Gasteiger partial charge is 0.491 e. The van der Waals surface area contributed by atoms with E-state index in [1.165, 1.54) is 5.56 Å². The van der Waals surface area contributed by atoms with Crippen molar-refractivity contribution in [1.82, 2.24) is 5.32 Å². The second-order valence-electron chi connectivity index (χ2n) is 5.13. The Balaban J connectivity index is 2.62. The maximum absolute atomic E-state index is 5.64. The first kappa shape index (κ1) is 15.6. The van der Waals surface area contributed by atoms with Crippen LogP contribution in [0.4, 0.5) is 0 Å². The highest BCUT2D eigenvalue weighted by atomic mass is 16.5. The molecular formula is C17H25NO. The van der Waals surface area contributed by atoms with Gasteiger partial charge in [-0.15, -0.1) is 6.42 Å². The van der Waals surface area contributed by atoms with E-state index in [0.717, 1.165) is 18.6 Å². The number of ether oxygens (including phenoxy) is 1. The molecule has 0 spiro atoms. The lowest BCUT2D eigenvalue weighted by Gasteiger charge is -2.19. The lowest BCUT2D eigenvalue weighted by Crippen LogP contribution is -2.30. The third-order valence-corrected chi connectivity index (χ3v) is 2.98. The normalized spacial score (nSPS) is 13.9. The summed E-state index contributed by atoms with van der Waals surface area (Å²) >= 11 is 0. The molecule has 1 N–H and O–H groups in total. The number of nitrogens with one attached hydrogen (secondary N) is 1. The summed E-state index contributed by atoms with van der Waals surface area (Å²) in [4.78, 5) is 0. The molecule has 2 heteroatoms. The summed E-state index contributed by atoms with van der Waals surface area (Å²) in [5.41, 5.74) is 1.23. The Bertz CT molecular complexity index is 402. The molecule has 19 heavy (non-hydrogen) atoms. The molecule has 0 aromatic heterocycles. The molecule has 0 amide bonds. The Morgan fingerprint density at radius 3 is 2.32 bits per heavy atom. The molecule has 0 aliphatic carbocycles. The summed E-state index contributed by atoms with van der Waals surface area (Å²) in [5, 5.41) is 3.47. The molecule has 104 valence electrons. The highest BCUT2D eigenvalue weighted by Gasteiger charge is 2.10. The van der Waals surface area contributed by atoms with Crippen molar-refractivity contribution < 1.29 is 4.74 Å². The van der Waals surface area contributed by atoms with Gasteiger partial charge in [-0.1, -0.05) is 31.4 Å². The molecule has 0 heterocycles. The van der Waals surface area contributed by atoms with E-state index in [4.69, 9.17) is 11.2 Å². The summed E-state index contributed by atoms with van der Waals surface area (Å²) in [7, 11) is 0. The minimum atomic E-state index is 0.145. The van der Waals surface area contributed by atoms with Crippen LogP contribution >= 0.6 is 0 Å². The van der Waals surface area contributed by atoms with Gasteiger partial charge in [0.25, 0.3) is 0 Å². The quantitative estimate of drug-likeness (QED) is 0.749. The first-order valence-corrected chi connectivity index (χ1v) is 7.05. The van der Waals surface area contributed by atoms with E-state index in [0.29, 0.717) is 0 Å². The fourth-order valence-corrected chi connectivity index (χ4v) is 2.01. The van der Waals surface area contributed by atoms with Crippen LogP contribution in [0.15, 0.2) is 24.3 Å². The van der Waals surface area contributed by atoms with Gasteiger partial charge in [-0.2, -0.15) is 0 Å². The van der Waals surface area contributed by atoms with Gasteiger partial charge in [0, 0.05) is 6.04 Å². The summed E-state index contributed by atoms with van der Waals surface area (Å²) < 4.78 is 5.64. The van der Waals surface area contributed by atoms with Gasteiger partial charge in [0.05, 0.1) is 12.1 Å². The van der Waals surface area contributed by atoms with Crippen LogP contribution in [0.1, 0.15) is 52.1 Å². The summed E-state index contributed by atoms with van der Waals surface area (Å²) in [5.74, 6) is 3.72. The van der Waals surface area contributed by atoms with Crippen molar-refractivity contribution in [3.63, 3.8) is 0 Å². The topological polar surface area (TPSA) is 21.3 Å². The van der Waals surface area contributed by atoms with Crippen molar-refractivity contribution in [2.75, 3.05) is 0 Å². The average Bonchev–Trinajstić information content (AvgIpc) is 2.38. The van der Waals surface area contributed by atoms with E-state index in [9.17, 15) is 0 Å². The van der Waals surface area contributed by atoms with Crippen LogP contribution in [0.5, 0.6) is 5.75 Å². The zero-order valence-electron chi connectivity index (χ0n) is 12.4. The number of terminal acetylenes is 1. The molecule has 2 nitrogen and oxygen atoms in total. The van der Waals surface area contributed by atoms with Gasteiger partial charge in [-0.3, -0.25) is 5.32 Å². The molecule has 0 saturated carbocycles. The Labute approximate surface area is 117 Å². The SMILES string of the molecule is C#CC(CCC)NC(C)c1ccc(OC(C)C)cc1. The summed E-state index contributed by atoms with van der Waals surface area (Å²) in [6.07, 6.45) is 7.84. The monoisotopic (exact) mass is 259 g/mol. The van der Waals surface area contributed by atoms with Gasteiger partial charge >= 0.3 is 0 Å². The molecule has 2 atom stereocenters. The van der Waals surface area contributed by atoms with Gasteiger partial charge in [-0.25, -0.2) is 0 Å². The number of hydrogen-bond donors (Lipinski definition) is 1. The van der Waals surface area contributed by atoms with Crippen LogP contribution < -0.4 is 10.1 Å². The van der Waals surface area contributed by atoms with Gasteiger partial charge in [-0.05, 0) is 44.9 Å². The van der Waals surface area contributed by atoms with Crippen molar-refractivity contribution in [2.24, 2.45) is 0 Å². The molecule has 1 aromatic rings. The van der Waals surface area contributed by atoms with Crippen molar-refractivity contribution in [3.05, 3.63) is 29.8 Å². The van der Waals surface area contributed by atoms with Crippen molar-refractivity contribution in [3.8, 4) is 18.1 Å². The van der Waals surface area contributed by atoms with Crippen LogP contribution in [0, 0.1) is 12.3 Å². The minimum Gasteiger partial charge on any atom is -0.491 e. The van der Waals surface area contributed by atoms with E-state index in [1.54, 1.807) is 0 Å². The maximum atomic E-state index is 5.64. The first-order valence-electron chi connectivity index (χ1n) is 7.05. The molecule has 2 unspecified atom stereocenters. The molecule has 1 rings (SSSR count). The van der Waals surface area contributed by atoms with E-state index in [2.05, 4.69) is 37.2 Å². The third kappa shape index (κ3) is 5.36. The van der Waals surface area contributed by atoms with Crippen LogP contribution in [-0.2, 0) is 0 Å². The van der Waals surface area contributed by atoms with Crippen molar-refractivity contribution >= 4 is 0 Å². The summed E-state index contributed by atoms with van der Waals surface area (Å²) in [6.45, 7) is 8.34. The summed E-state index contributed by atoms with van der Waals surface area (Å²) in [6, 6.07) is 8.60. The number of rotatable bonds is 7. The first-order chi connectivity index (χ1) is 9.06. The molecular weight excluding hydrogens is 234 g/mol. The van der Waals surface area contributed by atoms with Gasteiger partial charge in [0.1, 0.15) is 5.75 Å². The lowest BCUT2D eigenvalue weighted by molar-refractivity contribution is 0.242. The Kier molecular flexibility index (Phi) is 6.45. The Morgan fingerprint density at radius 2 is 1.84 bits per heavy atom. The second kappa shape index (κ2) is 7.86. The highest BCUT2D eigenvalue weighted by molar-refractivity contribution is 5.29. The molecule has 0 fully saturated rings. The van der Waals surface area contributed by atoms with Crippen LogP contribution in [-0.4, -0.2) is 12.1 Å². The van der Waals surface area contributed by atoms with Gasteiger partial charge in [0.2, 0.25) is 0 Å². The molecule has 0 aliphatic heterocycles. The number of benzene rings is 1. The van der Waals surface area contributed by atoms with Crippen LogP contribution in [0.25, 0.3) is 0 Å². The average molecular weight is 259 g/mol. The molecule has 0 aliphatic rings. The zero-order chi connectivity index (χ0) is 14.3. The van der Waals surface area contributed by atoms with E-state index >= 15 is 0 Å². The maximum Gasteiger partial charge on any atom is 0.119 e. The van der Waals surface area contributed by atoms with Crippen LogP contribution in [0.3, 0.4) is 0 Å². The predicted octanol–water partition coefficient (Wildman–Crippen LogP) is 3.93. The second-order valence-corrected chi connectivity index (χ2v) is 5.13. The standard InChI is InChI=1S/C17H25NO/c1-6-8-16(7-2)18-14(5)15-9-11-17(12-10-15)19-13(3)4/h2,9-14,16,18H,6,8H2,1,3-5H3. The van der Waals surface area contributed by atoms with E-state index in [-0.39, 0.29) is 18.2 Å². The molecule has 0 radical (unpaired) electrons. The Morgan fingerprint density at radius 1 is 1.21 bits per heavy atom. The highest BCUT2D eigenvalue weighted by Crippen LogP contribution is 2.19. The molecule has 0 bridgehead atoms. The predicted molar refractivity (Wildman–Crippen MR) is 81.3 cm³/mol. The number of hydrogen-bond acceptors (Lipinski definition) is 2. The van der Waals surface area contributed by atoms with Crippen LogP contribution in [0.2, 0.25) is 0 Å². The van der Waals surface area contributed by atoms with Gasteiger partial charge < -0.3 is 4.74 Å². The minimum absolute atomic E-state index is 0.145. The third-order valence-electron chi connectivity index (χ3n) is 2.98. The fourth-order valence-electron chi connectivity index (χ4n) is 2.01. The van der Waals surface area contributed by atoms with E-state index < -0.39 is 0 Å². The molecule has 1 aromatic carbocycles. The Hall–Kier alpha value is -1.46. The van der Waals surface area contributed by atoms with Crippen molar-refractivity contribution in [2.45, 2.75) is 58.7 Å². The smallest absolute Gasteiger partial charge is 0.119 e. The lowest BCUT2D eigenvalue weighted by atomic mass is 10.1. The zero-order valence-corrected chi connectivity index (χ0v) is 12.4. The van der Waals surface area contributed by atoms with Crippen molar-refractivity contribution in [1.29, 1.82) is 0 Å². The molecule has 0 saturated heterocycles. The van der Waals surface area contributed by atoms with E-state index in [1.807, 2.05) is 26.0 Å².